The van der Waals surface area contributed by atoms with E-state index in [1.807, 2.05) is 0 Å². The molecule has 1 heteroatoms. The maximum atomic E-state index is 2.45. The molecule has 0 aromatic heterocycles. The normalized spacial score (nSPS) is 12.3. The van der Waals surface area contributed by atoms with Gasteiger partial charge >= 0.3 is 0 Å². The van der Waals surface area contributed by atoms with Crippen molar-refractivity contribution in [3.8, 4) is 22.3 Å². The lowest BCUT2D eigenvalue weighted by molar-refractivity contribution is 0.595. The van der Waals surface area contributed by atoms with E-state index in [9.17, 15) is 0 Å². The Morgan fingerprint density at radius 3 is 1.30 bits per heavy atom. The molecule has 0 aliphatic heterocycles. The predicted octanol–water partition coefficient (Wildman–Crippen LogP) is 15.1. The second-order valence-corrected chi connectivity index (χ2v) is 16.6. The van der Waals surface area contributed by atoms with Gasteiger partial charge in [0.1, 0.15) is 0 Å². The van der Waals surface area contributed by atoms with Crippen LogP contribution >= 0.6 is 0 Å². The minimum absolute atomic E-state index is 0.0200. The molecule has 0 radical (unpaired) electrons. The Balaban J connectivity index is 1.36. The summed E-state index contributed by atoms with van der Waals surface area (Å²) in [7, 11) is 0. The fraction of sp³-hybridized carbons (Fsp3) is 0.154. The molecule has 1 nitrogen and oxygen atoms in total. The first kappa shape index (κ1) is 33.0. The lowest BCUT2D eigenvalue weighted by Crippen LogP contribution is -2.15. The van der Waals surface area contributed by atoms with E-state index in [1.165, 1.54) is 82.2 Å². The van der Waals surface area contributed by atoms with E-state index < -0.39 is 0 Å². The average molecular weight is 684 g/mol. The van der Waals surface area contributed by atoms with Crippen molar-refractivity contribution in [2.45, 2.75) is 52.4 Å². The fourth-order valence-electron chi connectivity index (χ4n) is 8.53. The maximum absolute atomic E-state index is 2.45. The van der Waals surface area contributed by atoms with E-state index in [0.29, 0.717) is 0 Å². The van der Waals surface area contributed by atoms with Gasteiger partial charge in [0.05, 0.1) is 5.69 Å². The van der Waals surface area contributed by atoms with Crippen LogP contribution in [-0.2, 0) is 10.8 Å². The molecule has 53 heavy (non-hydrogen) atoms. The largest absolute Gasteiger partial charge is 0.310 e. The summed E-state index contributed by atoms with van der Waals surface area (Å²) in [5.41, 5.74) is 11.0. The van der Waals surface area contributed by atoms with Crippen molar-refractivity contribution in [2.24, 2.45) is 0 Å². The third-order valence-corrected chi connectivity index (χ3v) is 11.1. The molecule has 0 atom stereocenters. The van der Waals surface area contributed by atoms with Gasteiger partial charge in [-0.25, -0.2) is 0 Å². The van der Waals surface area contributed by atoms with Gasteiger partial charge in [0, 0.05) is 16.8 Å². The van der Waals surface area contributed by atoms with Crippen LogP contribution in [0.3, 0.4) is 0 Å². The molecule has 9 aromatic rings. The molecule has 258 valence electrons. The van der Waals surface area contributed by atoms with Crippen LogP contribution in [-0.4, -0.2) is 0 Å². The highest BCUT2D eigenvalue weighted by Crippen LogP contribution is 2.50. The molecule has 0 aliphatic rings. The Kier molecular flexibility index (Phi) is 7.68. The van der Waals surface area contributed by atoms with Gasteiger partial charge in [0.2, 0.25) is 0 Å². The zero-order valence-electron chi connectivity index (χ0n) is 31.5. The summed E-state index contributed by atoms with van der Waals surface area (Å²) < 4.78 is 0. The standard InChI is InChI=1S/C52H45N/c1-51(2,3)44-31-24-38-18-13-19-42-47(38)49(44)43-30-33-46(41-29-32-45(52(4,5)6)50(42)48(41)43)53(39-25-20-36(21-26-39)34-14-9-7-10-15-34)40-27-22-37(23-28-40)35-16-11-8-12-17-35/h7-33H,1-6H3. The zero-order valence-corrected chi connectivity index (χ0v) is 31.5. The zero-order chi connectivity index (χ0) is 36.5. The second kappa shape index (κ2) is 12.3. The summed E-state index contributed by atoms with van der Waals surface area (Å²) in [6, 6.07) is 60.6. The van der Waals surface area contributed by atoms with Crippen molar-refractivity contribution in [1.29, 1.82) is 0 Å². The van der Waals surface area contributed by atoms with E-state index in [-0.39, 0.29) is 10.8 Å². The minimum Gasteiger partial charge on any atom is -0.310 e. The van der Waals surface area contributed by atoms with E-state index in [2.05, 4.69) is 210 Å². The summed E-state index contributed by atoms with van der Waals surface area (Å²) in [5.74, 6) is 0. The number of nitrogens with zero attached hydrogens (tertiary/aromatic N) is 1. The molecule has 0 bridgehead atoms. The van der Waals surface area contributed by atoms with Gasteiger partial charge < -0.3 is 4.90 Å². The maximum Gasteiger partial charge on any atom is 0.0540 e. The van der Waals surface area contributed by atoms with Crippen LogP contribution in [0.2, 0.25) is 0 Å². The SMILES string of the molecule is CC(C)(C)c1ccc2cccc3c4c(C(C)(C)C)ccc5c(N(c6ccc(-c7ccccc7)cc6)c6ccc(-c7ccccc7)cc6)ccc(c1c23)c54. The number of hydrogen-bond acceptors (Lipinski definition) is 1. The van der Waals surface area contributed by atoms with Gasteiger partial charge in [-0.3, -0.25) is 0 Å². The van der Waals surface area contributed by atoms with Crippen molar-refractivity contribution in [3.05, 3.63) is 175 Å². The van der Waals surface area contributed by atoms with Gasteiger partial charge in [0.15, 0.2) is 0 Å². The van der Waals surface area contributed by atoms with E-state index in [0.717, 1.165) is 11.4 Å². The van der Waals surface area contributed by atoms with Crippen LogP contribution in [0.25, 0.3) is 65.3 Å². The number of benzene rings is 9. The van der Waals surface area contributed by atoms with Crippen LogP contribution in [0.4, 0.5) is 17.1 Å². The smallest absolute Gasteiger partial charge is 0.0540 e. The Morgan fingerprint density at radius 2 is 0.774 bits per heavy atom. The van der Waals surface area contributed by atoms with Gasteiger partial charge in [-0.05, 0) is 112 Å². The molecule has 0 saturated heterocycles. The molecule has 0 spiro atoms. The first-order valence-electron chi connectivity index (χ1n) is 18.9. The molecule has 0 fully saturated rings. The van der Waals surface area contributed by atoms with Gasteiger partial charge in [-0.15, -0.1) is 0 Å². The monoisotopic (exact) mass is 683 g/mol. The molecule has 0 N–H and O–H groups in total. The van der Waals surface area contributed by atoms with E-state index in [1.54, 1.807) is 0 Å². The molecule has 0 heterocycles. The topological polar surface area (TPSA) is 3.24 Å². The van der Waals surface area contributed by atoms with Crippen molar-refractivity contribution in [2.75, 3.05) is 4.90 Å². The molecule has 9 aromatic carbocycles. The highest BCUT2D eigenvalue weighted by atomic mass is 15.1. The van der Waals surface area contributed by atoms with Gasteiger partial charge in [-0.1, -0.05) is 175 Å². The van der Waals surface area contributed by atoms with Crippen molar-refractivity contribution in [3.63, 3.8) is 0 Å². The summed E-state index contributed by atoms with van der Waals surface area (Å²) in [5, 5.41) is 10.7. The van der Waals surface area contributed by atoms with E-state index in [4.69, 9.17) is 0 Å². The highest BCUT2D eigenvalue weighted by molar-refractivity contribution is 6.35. The van der Waals surface area contributed by atoms with Crippen LogP contribution in [0.1, 0.15) is 52.7 Å². The lowest BCUT2D eigenvalue weighted by atomic mass is 9.76. The fourth-order valence-corrected chi connectivity index (χ4v) is 8.53. The summed E-state index contributed by atoms with van der Waals surface area (Å²) in [6.07, 6.45) is 0. The summed E-state index contributed by atoms with van der Waals surface area (Å²) in [6.45, 7) is 14.1. The Bertz CT molecular complexity index is 2660. The molecular weight excluding hydrogens is 639 g/mol. The second-order valence-electron chi connectivity index (χ2n) is 16.6. The first-order chi connectivity index (χ1) is 25.6. The quantitative estimate of drug-likeness (QED) is 0.129. The highest BCUT2D eigenvalue weighted by Gasteiger charge is 2.27. The molecular formula is C52H45N. The lowest BCUT2D eigenvalue weighted by Gasteiger charge is -2.31. The number of rotatable bonds is 5. The Hall–Kier alpha value is -5.92. The van der Waals surface area contributed by atoms with E-state index >= 15 is 0 Å². The van der Waals surface area contributed by atoms with Crippen LogP contribution < -0.4 is 4.90 Å². The van der Waals surface area contributed by atoms with Crippen molar-refractivity contribution in [1.82, 2.24) is 0 Å². The van der Waals surface area contributed by atoms with Crippen molar-refractivity contribution < 1.29 is 0 Å². The summed E-state index contributed by atoms with van der Waals surface area (Å²) in [4.78, 5) is 2.45. The molecule has 0 saturated carbocycles. The van der Waals surface area contributed by atoms with Crippen molar-refractivity contribution >= 4 is 60.2 Å². The number of anilines is 3. The van der Waals surface area contributed by atoms with Crippen LogP contribution in [0.15, 0.2) is 164 Å². The Morgan fingerprint density at radius 1 is 0.321 bits per heavy atom. The molecule has 0 unspecified atom stereocenters. The molecule has 0 aliphatic carbocycles. The Labute approximate surface area is 313 Å². The first-order valence-corrected chi connectivity index (χ1v) is 18.9. The minimum atomic E-state index is -0.0433. The van der Waals surface area contributed by atoms with Gasteiger partial charge in [-0.2, -0.15) is 0 Å². The molecule has 9 rings (SSSR count). The third kappa shape index (κ3) is 5.54. The van der Waals surface area contributed by atoms with Crippen LogP contribution in [0, 0.1) is 0 Å². The van der Waals surface area contributed by atoms with Crippen LogP contribution in [0.5, 0.6) is 0 Å². The summed E-state index contributed by atoms with van der Waals surface area (Å²) >= 11 is 0. The number of hydrogen-bond donors (Lipinski definition) is 0. The van der Waals surface area contributed by atoms with Gasteiger partial charge in [0.25, 0.3) is 0 Å². The third-order valence-electron chi connectivity index (χ3n) is 11.1. The number of fused-ring (bicyclic) bond motifs is 2. The molecule has 0 amide bonds. The predicted molar refractivity (Wildman–Crippen MR) is 231 cm³/mol. The average Bonchev–Trinajstić information content (AvgIpc) is 3.17.